The third kappa shape index (κ3) is 10.3. The van der Waals surface area contributed by atoms with Crippen LogP contribution in [0, 0.1) is 0 Å². The lowest BCUT2D eigenvalue weighted by Gasteiger charge is -2.34. The molecule has 0 saturated carbocycles. The van der Waals surface area contributed by atoms with Gasteiger partial charge >= 0.3 is 5.97 Å². The number of rotatable bonds is 13. The minimum absolute atomic E-state index is 0.159. The van der Waals surface area contributed by atoms with Crippen LogP contribution in [0.25, 0.3) is 10.4 Å². The van der Waals surface area contributed by atoms with Gasteiger partial charge in [0.25, 0.3) is 0 Å². The molecule has 1 aromatic rings. The van der Waals surface area contributed by atoms with E-state index in [1.54, 1.807) is 24.2 Å². The smallest absolute Gasteiger partial charge is 0.326 e. The lowest BCUT2D eigenvalue weighted by molar-refractivity contribution is -0.148. The third-order valence-corrected chi connectivity index (χ3v) is 14.4. The molecule has 10 nitrogen and oxygen atoms in total. The fourth-order valence-electron chi connectivity index (χ4n) is 2.90. The van der Waals surface area contributed by atoms with Gasteiger partial charge in [0, 0.05) is 36.2 Å². The Labute approximate surface area is 189 Å². The third-order valence-electron chi connectivity index (χ3n) is 4.60. The van der Waals surface area contributed by atoms with Crippen molar-refractivity contribution in [2.24, 2.45) is 5.11 Å². The first-order valence-corrected chi connectivity index (χ1v) is 17.2. The molecule has 1 amide bonds. The molecule has 0 bridgehead atoms. The van der Waals surface area contributed by atoms with E-state index in [4.69, 9.17) is 14.8 Å². The van der Waals surface area contributed by atoms with Gasteiger partial charge in [-0.15, -0.1) is 0 Å². The summed E-state index contributed by atoms with van der Waals surface area (Å²) in [5.41, 5.74) is 9.13. The first-order valence-electron chi connectivity index (χ1n) is 10.00. The molecule has 0 aromatic carbocycles. The van der Waals surface area contributed by atoms with E-state index in [9.17, 15) is 9.59 Å². The number of carbonyl (C=O) groups excluding carboxylic acids is 1. The Balaban J connectivity index is 2.50. The second-order valence-corrected chi connectivity index (χ2v) is 18.7. The van der Waals surface area contributed by atoms with Crippen LogP contribution in [-0.4, -0.2) is 67.0 Å². The first kappa shape index (κ1) is 27.1. The molecule has 172 valence electrons. The van der Waals surface area contributed by atoms with E-state index >= 15 is 0 Å². The molecule has 1 atom stereocenters. The summed E-state index contributed by atoms with van der Waals surface area (Å²) in [6, 6.07) is 0.00689. The maximum Gasteiger partial charge on any atom is 0.326 e. The number of amides is 1. The normalized spacial score (nSPS) is 12.7. The highest BCUT2D eigenvalue weighted by molar-refractivity contribution is 8.00. The number of hydrogen-bond acceptors (Lipinski definition) is 7. The van der Waals surface area contributed by atoms with Crippen molar-refractivity contribution >= 4 is 40.3 Å². The average molecular weight is 485 g/mol. The fourth-order valence-corrected chi connectivity index (χ4v) is 13.2. The van der Waals surface area contributed by atoms with Crippen molar-refractivity contribution in [2.75, 3.05) is 12.4 Å². The molecule has 31 heavy (non-hydrogen) atoms. The van der Waals surface area contributed by atoms with Crippen LogP contribution in [-0.2, 0) is 20.2 Å². The van der Waals surface area contributed by atoms with Crippen molar-refractivity contribution in [2.45, 2.75) is 69.7 Å². The predicted octanol–water partition coefficient (Wildman–Crippen LogP) is 4.06. The van der Waals surface area contributed by atoms with Gasteiger partial charge in [-0.3, -0.25) is 4.79 Å². The first-order chi connectivity index (χ1) is 14.4. The van der Waals surface area contributed by atoms with Crippen LogP contribution in [0.15, 0.2) is 22.7 Å². The number of carbonyl (C=O) groups is 2. The summed E-state index contributed by atoms with van der Waals surface area (Å²) in [6.45, 7) is 10.4. The van der Waals surface area contributed by atoms with Crippen molar-refractivity contribution in [1.82, 2.24) is 14.9 Å². The molecule has 1 rings (SSSR count). The van der Waals surface area contributed by atoms with E-state index in [0.29, 0.717) is 18.0 Å². The molecule has 0 fully saturated rings. The van der Waals surface area contributed by atoms with Gasteiger partial charge in [0.15, 0.2) is 21.8 Å². The monoisotopic (exact) mass is 484 g/mol. The molecule has 1 N–H and O–H groups in total. The molecule has 13 heteroatoms. The van der Waals surface area contributed by atoms with Crippen molar-refractivity contribution in [3.8, 4) is 0 Å². The van der Waals surface area contributed by atoms with E-state index in [-0.39, 0.29) is 12.5 Å². The number of hydrogen-bond donors (Lipinski definition) is 1. The maximum absolute atomic E-state index is 12.2. The van der Waals surface area contributed by atoms with E-state index in [1.165, 1.54) is 18.9 Å². The molecule has 0 aliphatic rings. The van der Waals surface area contributed by atoms with Crippen LogP contribution < -0.4 is 0 Å². The Bertz CT molecular complexity index is 803. The molecule has 0 saturated heterocycles. The van der Waals surface area contributed by atoms with Gasteiger partial charge in [-0.05, 0) is 56.7 Å². The van der Waals surface area contributed by atoms with Crippen LogP contribution in [0.3, 0.4) is 0 Å². The molecule has 1 heterocycles. The summed E-state index contributed by atoms with van der Waals surface area (Å²) in [5.74, 6) is -1.17. The molecule has 0 radical (unpaired) electrons. The Morgan fingerprint density at radius 2 is 1.90 bits per heavy atom. The highest BCUT2D eigenvalue weighted by Gasteiger charge is 2.33. The highest BCUT2D eigenvalue weighted by Crippen LogP contribution is 2.25. The largest absolute Gasteiger partial charge is 0.480 e. The van der Waals surface area contributed by atoms with E-state index in [2.05, 4.69) is 46.2 Å². The van der Waals surface area contributed by atoms with Gasteiger partial charge in [0.1, 0.15) is 6.04 Å². The summed E-state index contributed by atoms with van der Waals surface area (Å²) >= 11 is 1.56. The predicted molar refractivity (Wildman–Crippen MR) is 126 cm³/mol. The number of carboxylic acid groups (broad SMARTS) is 1. The molecule has 0 aliphatic carbocycles. The maximum atomic E-state index is 12.2. The van der Waals surface area contributed by atoms with Crippen LogP contribution >= 0.6 is 11.8 Å². The van der Waals surface area contributed by atoms with Crippen molar-refractivity contribution in [1.29, 1.82) is 0 Å². The zero-order valence-corrected chi connectivity index (χ0v) is 21.8. The highest BCUT2D eigenvalue weighted by atomic mass is 32.2. The topological polar surface area (TPSA) is 141 Å². The van der Waals surface area contributed by atoms with Gasteiger partial charge in [0.2, 0.25) is 5.91 Å². The van der Waals surface area contributed by atoms with E-state index in [0.717, 1.165) is 17.0 Å². The summed E-state index contributed by atoms with van der Waals surface area (Å²) in [7, 11) is -2.43. The molecular weight excluding hydrogens is 452 g/mol. The Hall–Kier alpha value is -1.93. The van der Waals surface area contributed by atoms with Gasteiger partial charge in [-0.2, -0.15) is 0 Å². The zero-order valence-electron chi connectivity index (χ0n) is 19.0. The number of likely N-dealkylation sites (N-methyl/N-ethyl adjacent to an activating group) is 1. The Morgan fingerprint density at radius 3 is 2.45 bits per heavy atom. The van der Waals surface area contributed by atoms with Gasteiger partial charge in [0.05, 0.1) is 6.54 Å². The SMILES string of the molecule is C[C@@H](C(=O)O)N(C)C(=O)CCC[Si](C)(C)O[Si](C)(C)CSc1ncc(CN=[N+]=[N-])cn1. The number of carboxylic acids is 1. The Morgan fingerprint density at radius 1 is 1.29 bits per heavy atom. The lowest BCUT2D eigenvalue weighted by atomic mass is 10.2. The standard InChI is InChI=1S/C18H32N6O4SSi2/c1-14(17(26)27)24(2)16(25)8-7-9-30(3,4)28-31(5,6)13-29-18-20-10-15(11-21-18)12-22-23-19/h10-11,14H,7-9,12-13H2,1-6H3,(H,26,27)/t14-/m0/s1. The molecule has 0 aliphatic heterocycles. The van der Waals surface area contributed by atoms with Crippen LogP contribution in [0.1, 0.15) is 25.3 Å². The van der Waals surface area contributed by atoms with Crippen LogP contribution in [0.4, 0.5) is 0 Å². The molecule has 0 unspecified atom stereocenters. The second kappa shape index (κ2) is 12.2. The minimum atomic E-state index is -1.98. The molecule has 1 aromatic heterocycles. The van der Waals surface area contributed by atoms with Gasteiger partial charge in [-0.1, -0.05) is 16.9 Å². The van der Waals surface area contributed by atoms with Gasteiger partial charge < -0.3 is 14.1 Å². The number of nitrogens with zero attached hydrogens (tertiary/aromatic N) is 6. The fraction of sp³-hybridized carbons (Fsp3) is 0.667. The molecular formula is C18H32N6O4SSi2. The number of aliphatic carboxylic acids is 1. The minimum Gasteiger partial charge on any atom is -0.480 e. The second-order valence-electron chi connectivity index (χ2n) is 8.55. The number of azide groups is 1. The summed E-state index contributed by atoms with van der Waals surface area (Å²) < 4.78 is 6.58. The summed E-state index contributed by atoms with van der Waals surface area (Å²) in [6.07, 6.45) is 4.33. The van der Waals surface area contributed by atoms with Crippen molar-refractivity contribution in [3.05, 3.63) is 28.4 Å². The van der Waals surface area contributed by atoms with Crippen molar-refractivity contribution in [3.63, 3.8) is 0 Å². The van der Waals surface area contributed by atoms with E-state index in [1.807, 2.05) is 0 Å². The van der Waals surface area contributed by atoms with Gasteiger partial charge in [-0.25, -0.2) is 14.8 Å². The van der Waals surface area contributed by atoms with Crippen LogP contribution in [0.5, 0.6) is 0 Å². The number of thioether (sulfide) groups is 1. The molecule has 0 spiro atoms. The summed E-state index contributed by atoms with van der Waals surface area (Å²) in [5, 5.41) is 14.0. The quantitative estimate of drug-likeness (QED) is 0.111. The number of aromatic nitrogens is 2. The van der Waals surface area contributed by atoms with Crippen molar-refractivity contribution < 1.29 is 18.8 Å². The zero-order chi connectivity index (χ0) is 23.7. The average Bonchev–Trinajstić information content (AvgIpc) is 2.69. The summed E-state index contributed by atoms with van der Waals surface area (Å²) in [4.78, 5) is 35.9. The van der Waals surface area contributed by atoms with Crippen LogP contribution in [0.2, 0.25) is 32.2 Å². The lowest BCUT2D eigenvalue weighted by Crippen LogP contribution is -2.46. The Kier molecular flexibility index (Phi) is 10.7. The van der Waals surface area contributed by atoms with E-state index < -0.39 is 28.6 Å².